The highest BCUT2D eigenvalue weighted by molar-refractivity contribution is 7.89. The molecule has 1 aromatic rings. The van der Waals surface area contributed by atoms with Crippen molar-refractivity contribution in [1.29, 1.82) is 0 Å². The molecular weight excluding hydrogens is 433 g/mol. The number of allylic oxidation sites excluding steroid dienone is 3. The van der Waals surface area contributed by atoms with Gasteiger partial charge in [0.1, 0.15) is 11.6 Å². The van der Waals surface area contributed by atoms with Crippen molar-refractivity contribution in [3.8, 4) is 5.75 Å². The summed E-state index contributed by atoms with van der Waals surface area (Å²) in [4.78, 5) is 14.7. The lowest BCUT2D eigenvalue weighted by Gasteiger charge is -2.26. The molecule has 0 saturated carbocycles. The van der Waals surface area contributed by atoms with Gasteiger partial charge in [0.25, 0.3) is 0 Å². The van der Waals surface area contributed by atoms with E-state index in [1.165, 1.54) is 19.2 Å². The predicted octanol–water partition coefficient (Wildman–Crippen LogP) is 3.04. The fourth-order valence-corrected chi connectivity index (χ4v) is 5.22. The number of nitrogens with one attached hydrogen (secondary N) is 1. The fourth-order valence-electron chi connectivity index (χ4n) is 4.15. The number of nitrogens with two attached hydrogens (primary N) is 1. The number of sulfonamides is 1. The van der Waals surface area contributed by atoms with Crippen molar-refractivity contribution in [3.63, 3.8) is 0 Å². The molecule has 0 spiro atoms. The van der Waals surface area contributed by atoms with Crippen molar-refractivity contribution in [3.05, 3.63) is 47.8 Å². The highest BCUT2D eigenvalue weighted by Crippen LogP contribution is 2.25. The molecule has 0 radical (unpaired) electrons. The number of methoxy groups -OCH3 is 1. The van der Waals surface area contributed by atoms with Gasteiger partial charge in [-0.15, -0.1) is 0 Å². The smallest absolute Gasteiger partial charge is 0.240 e. The first-order valence-corrected chi connectivity index (χ1v) is 12.5. The topological polar surface area (TPSA) is 102 Å². The van der Waals surface area contributed by atoms with Gasteiger partial charge in [0.2, 0.25) is 15.9 Å². The summed E-state index contributed by atoms with van der Waals surface area (Å²) in [6.07, 6.45) is 7.82. The monoisotopic (exact) mass is 465 g/mol. The van der Waals surface area contributed by atoms with Gasteiger partial charge < -0.3 is 15.4 Å². The number of hydrogen-bond acceptors (Lipinski definition) is 5. The summed E-state index contributed by atoms with van der Waals surface area (Å²) in [7, 11) is -2.18. The minimum Gasteiger partial charge on any atom is -0.497 e. The normalized spacial score (nSPS) is 20.3. The predicted molar refractivity (Wildman–Crippen MR) is 121 cm³/mol. The second-order valence-corrected chi connectivity index (χ2v) is 10.1. The van der Waals surface area contributed by atoms with Crippen LogP contribution < -0.4 is 15.2 Å². The molecule has 1 amide bonds. The van der Waals surface area contributed by atoms with E-state index >= 15 is 0 Å². The van der Waals surface area contributed by atoms with Gasteiger partial charge in [0.15, 0.2) is 0 Å². The lowest BCUT2D eigenvalue weighted by molar-refractivity contribution is -0.132. The van der Waals surface area contributed by atoms with Gasteiger partial charge in [0, 0.05) is 31.6 Å². The third kappa shape index (κ3) is 6.40. The number of likely N-dealkylation sites (tertiary alicyclic amines) is 1. The van der Waals surface area contributed by atoms with Crippen molar-refractivity contribution in [2.24, 2.45) is 5.73 Å². The molecule has 7 nitrogen and oxygen atoms in total. The van der Waals surface area contributed by atoms with Crippen LogP contribution >= 0.6 is 0 Å². The number of ether oxygens (including phenoxy) is 1. The largest absolute Gasteiger partial charge is 0.497 e. The third-order valence-corrected chi connectivity index (χ3v) is 7.36. The van der Waals surface area contributed by atoms with Crippen LogP contribution in [0.5, 0.6) is 5.75 Å². The van der Waals surface area contributed by atoms with E-state index in [2.05, 4.69) is 4.72 Å². The van der Waals surface area contributed by atoms with Crippen LogP contribution in [0, 0.1) is 0 Å². The molecule has 1 heterocycles. The number of nitrogens with zero attached hydrogens (tertiary/aromatic N) is 1. The summed E-state index contributed by atoms with van der Waals surface area (Å²) in [5, 5.41) is 0. The third-order valence-electron chi connectivity index (χ3n) is 5.92. The molecular formula is C23H32FN3O4S. The van der Waals surface area contributed by atoms with Crippen LogP contribution in [-0.2, 0) is 14.8 Å². The molecule has 2 aliphatic rings. The van der Waals surface area contributed by atoms with Gasteiger partial charge in [-0.05, 0) is 74.4 Å². The first kappa shape index (κ1) is 24.4. The Kier molecular flexibility index (Phi) is 8.44. The van der Waals surface area contributed by atoms with Crippen molar-refractivity contribution in [2.45, 2.75) is 61.9 Å². The minimum absolute atomic E-state index is 0.104. The average Bonchev–Trinajstić information content (AvgIpc) is 3.16. The number of benzene rings is 1. The molecule has 1 aliphatic heterocycles. The van der Waals surface area contributed by atoms with E-state index in [0.717, 1.165) is 19.3 Å². The molecule has 2 atom stereocenters. The zero-order valence-electron chi connectivity index (χ0n) is 18.4. The molecule has 1 saturated heterocycles. The summed E-state index contributed by atoms with van der Waals surface area (Å²) >= 11 is 0. The van der Waals surface area contributed by atoms with E-state index in [0.29, 0.717) is 37.1 Å². The molecule has 3 rings (SSSR count). The zero-order chi connectivity index (χ0) is 23.1. The van der Waals surface area contributed by atoms with E-state index in [9.17, 15) is 17.6 Å². The summed E-state index contributed by atoms with van der Waals surface area (Å²) in [6, 6.07) is 5.42. The summed E-state index contributed by atoms with van der Waals surface area (Å²) < 4.78 is 47.0. The number of hydrogen-bond donors (Lipinski definition) is 2. The van der Waals surface area contributed by atoms with Crippen LogP contribution in [0.2, 0.25) is 0 Å². The van der Waals surface area contributed by atoms with Gasteiger partial charge in [-0.3, -0.25) is 4.79 Å². The van der Waals surface area contributed by atoms with E-state index in [1.54, 1.807) is 23.1 Å². The Labute approximate surface area is 189 Å². The standard InChI is InChI=1S/C23H32FN3O4S/c1-31-20-9-11-21(12-10-20)32(29,30)26-16-19-7-5-13-27(19)23(28)15-18(25)14-17-6-3-2-4-8-22(17)24/h6,8-12,18-19,26H,2-5,7,13-16,25H2,1H3/t18?,19-/m0/s1. The van der Waals surface area contributed by atoms with E-state index in [-0.39, 0.29) is 35.6 Å². The molecule has 0 bridgehead atoms. The van der Waals surface area contributed by atoms with Crippen LogP contribution in [0.25, 0.3) is 0 Å². The van der Waals surface area contributed by atoms with Gasteiger partial charge in [-0.25, -0.2) is 17.5 Å². The SMILES string of the molecule is COc1ccc(S(=O)(=O)NC[C@@H]2CCCN2C(=O)CC(N)CC2=CCCCC=C2F)cc1. The molecule has 1 fully saturated rings. The Morgan fingerprint density at radius 3 is 2.69 bits per heavy atom. The molecule has 32 heavy (non-hydrogen) atoms. The Bertz CT molecular complexity index is 960. The van der Waals surface area contributed by atoms with Crippen LogP contribution in [-0.4, -0.2) is 51.5 Å². The molecule has 1 aliphatic carbocycles. The number of rotatable bonds is 9. The first-order chi connectivity index (χ1) is 15.3. The van der Waals surface area contributed by atoms with Crippen LogP contribution in [0.3, 0.4) is 0 Å². The maximum Gasteiger partial charge on any atom is 0.240 e. The van der Waals surface area contributed by atoms with Gasteiger partial charge in [0.05, 0.1) is 12.0 Å². The second kappa shape index (κ2) is 11.1. The molecule has 9 heteroatoms. The molecule has 1 aromatic carbocycles. The highest BCUT2D eigenvalue weighted by atomic mass is 32.2. The van der Waals surface area contributed by atoms with Gasteiger partial charge in [-0.1, -0.05) is 6.08 Å². The Morgan fingerprint density at radius 2 is 1.97 bits per heavy atom. The zero-order valence-corrected chi connectivity index (χ0v) is 19.2. The number of amides is 1. The van der Waals surface area contributed by atoms with Crippen LogP contribution in [0.1, 0.15) is 44.9 Å². The first-order valence-electron chi connectivity index (χ1n) is 11.0. The summed E-state index contributed by atoms with van der Waals surface area (Å²) in [5.41, 5.74) is 6.75. The van der Waals surface area contributed by atoms with Crippen molar-refractivity contribution in [1.82, 2.24) is 9.62 Å². The molecule has 1 unspecified atom stereocenters. The second-order valence-electron chi connectivity index (χ2n) is 8.29. The van der Waals surface area contributed by atoms with Gasteiger partial charge >= 0.3 is 0 Å². The fraction of sp³-hybridized carbons (Fsp3) is 0.522. The Balaban J connectivity index is 1.55. The lowest BCUT2D eigenvalue weighted by Crippen LogP contribution is -2.44. The van der Waals surface area contributed by atoms with E-state index in [1.807, 2.05) is 6.08 Å². The number of carbonyl (C=O) groups is 1. The Hall–Kier alpha value is -2.23. The summed E-state index contributed by atoms with van der Waals surface area (Å²) in [6.45, 7) is 0.704. The minimum atomic E-state index is -3.70. The van der Waals surface area contributed by atoms with Crippen LogP contribution in [0.4, 0.5) is 4.39 Å². The lowest BCUT2D eigenvalue weighted by atomic mass is 10.0. The van der Waals surface area contributed by atoms with Crippen molar-refractivity contribution in [2.75, 3.05) is 20.2 Å². The maximum atomic E-state index is 14.1. The van der Waals surface area contributed by atoms with E-state index in [4.69, 9.17) is 10.5 Å². The molecule has 176 valence electrons. The maximum absolute atomic E-state index is 14.1. The Morgan fingerprint density at radius 1 is 1.25 bits per heavy atom. The molecule has 3 N–H and O–H groups in total. The van der Waals surface area contributed by atoms with Gasteiger partial charge in [-0.2, -0.15) is 0 Å². The molecule has 0 aromatic heterocycles. The van der Waals surface area contributed by atoms with Crippen molar-refractivity contribution < 1.29 is 22.3 Å². The van der Waals surface area contributed by atoms with Crippen LogP contribution in [0.15, 0.2) is 52.7 Å². The highest BCUT2D eigenvalue weighted by Gasteiger charge is 2.31. The van der Waals surface area contributed by atoms with Crippen molar-refractivity contribution >= 4 is 15.9 Å². The summed E-state index contributed by atoms with van der Waals surface area (Å²) in [5.74, 6) is 0.211. The number of carbonyl (C=O) groups excluding carboxylic acids is 1. The quantitative estimate of drug-likeness (QED) is 0.584. The average molecular weight is 466 g/mol. The number of halogens is 1. The van der Waals surface area contributed by atoms with E-state index < -0.39 is 16.1 Å².